The Morgan fingerprint density at radius 1 is 1.38 bits per heavy atom. The number of halogens is 3. The van der Waals surface area contributed by atoms with Gasteiger partial charge in [-0.25, -0.2) is 13.2 Å². The molecule has 2 aliphatic heterocycles. The van der Waals surface area contributed by atoms with Gasteiger partial charge in [0, 0.05) is 25.1 Å². The smallest absolute Gasteiger partial charge is 0.263 e. The first-order valence-corrected chi connectivity index (χ1v) is 8.14. The predicted molar refractivity (Wildman–Crippen MR) is 89.2 cm³/mol. The number of aliphatic hydroxyl groups excluding tert-OH is 1. The average molecular weight is 366 g/mol. The molecule has 6 nitrogen and oxygen atoms in total. The second kappa shape index (κ2) is 6.01. The van der Waals surface area contributed by atoms with E-state index in [2.05, 4.69) is 15.5 Å². The molecule has 0 unspecified atom stereocenters. The third-order valence-electron chi connectivity index (χ3n) is 5.00. The standard InChI is InChI=1S/C17H17F3N4O2/c1-26-14-10(3-2-4-11(14)18)12-5-13-15(23-22-12)21-8-17(16(19)20)6-9(25)7-24(13)17/h2-5,9,16,25H,6-8H2,1H3,(H,21,23)/t9-,17+/m1/s1. The SMILES string of the molecule is COc1c(F)cccc1-c1cc2c(nn1)NC[C@]1(C(F)F)C[C@@H](O)CN21. The van der Waals surface area contributed by atoms with Crippen molar-refractivity contribution < 1.29 is 23.0 Å². The van der Waals surface area contributed by atoms with E-state index in [0.29, 0.717) is 22.8 Å². The van der Waals surface area contributed by atoms with E-state index in [4.69, 9.17) is 4.74 Å². The number of fused-ring (bicyclic) bond motifs is 3. The van der Waals surface area contributed by atoms with Crippen LogP contribution in [0.4, 0.5) is 24.7 Å². The van der Waals surface area contributed by atoms with Gasteiger partial charge in [-0.05, 0) is 18.2 Å². The molecule has 2 atom stereocenters. The molecule has 0 radical (unpaired) electrons. The van der Waals surface area contributed by atoms with Crippen LogP contribution in [0.2, 0.25) is 0 Å². The highest BCUT2D eigenvalue weighted by Gasteiger charge is 2.54. The molecule has 2 N–H and O–H groups in total. The topological polar surface area (TPSA) is 70.5 Å². The van der Waals surface area contributed by atoms with Crippen LogP contribution in [0.5, 0.6) is 5.75 Å². The monoisotopic (exact) mass is 366 g/mol. The Morgan fingerprint density at radius 2 is 2.19 bits per heavy atom. The van der Waals surface area contributed by atoms with Crippen molar-refractivity contribution in [2.75, 3.05) is 30.4 Å². The van der Waals surface area contributed by atoms with E-state index in [1.807, 2.05) is 0 Å². The van der Waals surface area contributed by atoms with Crippen molar-refractivity contribution in [2.45, 2.75) is 24.5 Å². The zero-order chi connectivity index (χ0) is 18.5. The zero-order valence-electron chi connectivity index (χ0n) is 13.9. The summed E-state index contributed by atoms with van der Waals surface area (Å²) in [7, 11) is 1.34. The van der Waals surface area contributed by atoms with Gasteiger partial charge < -0.3 is 20.1 Å². The van der Waals surface area contributed by atoms with E-state index in [9.17, 15) is 18.3 Å². The van der Waals surface area contributed by atoms with Gasteiger partial charge in [-0.1, -0.05) is 6.07 Å². The molecule has 26 heavy (non-hydrogen) atoms. The van der Waals surface area contributed by atoms with Gasteiger partial charge in [0.1, 0.15) is 5.54 Å². The summed E-state index contributed by atoms with van der Waals surface area (Å²) in [5.41, 5.74) is -0.424. The average Bonchev–Trinajstić information content (AvgIpc) is 2.99. The molecule has 0 spiro atoms. The van der Waals surface area contributed by atoms with Crippen LogP contribution in [0, 0.1) is 5.82 Å². The normalized spacial score (nSPS) is 24.2. The summed E-state index contributed by atoms with van der Waals surface area (Å²) >= 11 is 0. The molecule has 138 valence electrons. The fourth-order valence-corrected chi connectivity index (χ4v) is 3.77. The Morgan fingerprint density at radius 3 is 2.92 bits per heavy atom. The number of benzene rings is 1. The Labute approximate surface area is 147 Å². The number of rotatable bonds is 3. The van der Waals surface area contributed by atoms with Crippen molar-refractivity contribution in [3.63, 3.8) is 0 Å². The molecule has 1 aromatic carbocycles. The van der Waals surface area contributed by atoms with Crippen LogP contribution in [-0.2, 0) is 0 Å². The quantitative estimate of drug-likeness (QED) is 0.869. The number of anilines is 2. The molecule has 9 heteroatoms. The highest BCUT2D eigenvalue weighted by molar-refractivity contribution is 5.78. The summed E-state index contributed by atoms with van der Waals surface area (Å²) in [6, 6.07) is 5.96. The minimum absolute atomic E-state index is 0.00657. The number of nitrogens with zero attached hydrogens (tertiary/aromatic N) is 3. The lowest BCUT2D eigenvalue weighted by molar-refractivity contribution is 0.0509. The molecule has 0 saturated carbocycles. The third kappa shape index (κ3) is 2.38. The summed E-state index contributed by atoms with van der Waals surface area (Å²) in [4.78, 5) is 1.48. The number of aromatic nitrogens is 2. The Bertz CT molecular complexity index is 851. The number of nitrogens with one attached hydrogen (secondary N) is 1. The lowest BCUT2D eigenvalue weighted by atomic mass is 9.93. The van der Waals surface area contributed by atoms with Crippen molar-refractivity contribution >= 4 is 11.5 Å². The van der Waals surface area contributed by atoms with Gasteiger partial charge in [0.05, 0.1) is 24.6 Å². The van der Waals surface area contributed by atoms with Crippen LogP contribution >= 0.6 is 0 Å². The van der Waals surface area contributed by atoms with Crippen LogP contribution in [-0.4, -0.2) is 53.6 Å². The van der Waals surface area contributed by atoms with E-state index in [1.54, 1.807) is 12.1 Å². The van der Waals surface area contributed by atoms with Gasteiger partial charge in [-0.15, -0.1) is 10.2 Å². The van der Waals surface area contributed by atoms with Gasteiger partial charge in [-0.2, -0.15) is 0 Å². The molecular weight excluding hydrogens is 349 g/mol. The van der Waals surface area contributed by atoms with Crippen LogP contribution < -0.4 is 15.0 Å². The molecule has 1 aromatic heterocycles. The maximum atomic E-state index is 14.0. The van der Waals surface area contributed by atoms with E-state index >= 15 is 0 Å². The number of methoxy groups -OCH3 is 1. The number of ether oxygens (including phenoxy) is 1. The zero-order valence-corrected chi connectivity index (χ0v) is 13.9. The van der Waals surface area contributed by atoms with Crippen LogP contribution in [0.1, 0.15) is 6.42 Å². The molecule has 0 aliphatic carbocycles. The molecule has 1 saturated heterocycles. The van der Waals surface area contributed by atoms with Gasteiger partial charge in [-0.3, -0.25) is 0 Å². The first-order chi connectivity index (χ1) is 12.5. The molecule has 3 heterocycles. The largest absolute Gasteiger partial charge is 0.493 e. The fraction of sp³-hybridized carbons (Fsp3) is 0.412. The van der Waals surface area contributed by atoms with Gasteiger partial charge in [0.2, 0.25) is 0 Å². The van der Waals surface area contributed by atoms with Crippen molar-refractivity contribution in [2.24, 2.45) is 0 Å². The minimum Gasteiger partial charge on any atom is -0.493 e. The van der Waals surface area contributed by atoms with E-state index in [-0.39, 0.29) is 25.3 Å². The van der Waals surface area contributed by atoms with E-state index < -0.39 is 23.9 Å². The van der Waals surface area contributed by atoms with Crippen LogP contribution in [0.3, 0.4) is 0 Å². The van der Waals surface area contributed by atoms with Crippen LogP contribution in [0.25, 0.3) is 11.3 Å². The minimum atomic E-state index is -2.65. The summed E-state index contributed by atoms with van der Waals surface area (Å²) in [5.74, 6) is -0.192. The number of β-amino-alcohol motifs (C(OH)–C–C–N with tert-alkyl or cyclic N) is 1. The maximum absolute atomic E-state index is 14.0. The van der Waals surface area contributed by atoms with Gasteiger partial charge >= 0.3 is 0 Å². The molecule has 4 rings (SSSR count). The highest BCUT2D eigenvalue weighted by atomic mass is 19.3. The van der Waals surface area contributed by atoms with Crippen LogP contribution in [0.15, 0.2) is 24.3 Å². The van der Waals surface area contributed by atoms with E-state index in [0.717, 1.165) is 0 Å². The van der Waals surface area contributed by atoms with E-state index in [1.165, 1.54) is 24.1 Å². The molecule has 2 aromatic rings. The Hall–Kier alpha value is -2.55. The molecule has 0 amide bonds. The number of alkyl halides is 2. The molecular formula is C17H17F3N4O2. The summed E-state index contributed by atoms with van der Waals surface area (Å²) < 4.78 is 46.7. The molecule has 2 aliphatic rings. The third-order valence-corrected chi connectivity index (χ3v) is 5.00. The maximum Gasteiger partial charge on any atom is 0.263 e. The number of hydrogen-bond acceptors (Lipinski definition) is 6. The summed E-state index contributed by atoms with van der Waals surface area (Å²) in [6.45, 7) is 0.0382. The number of para-hydroxylation sites is 1. The number of aliphatic hydroxyl groups is 1. The first kappa shape index (κ1) is 16.9. The van der Waals surface area contributed by atoms with Crippen molar-refractivity contribution in [1.29, 1.82) is 0 Å². The highest BCUT2D eigenvalue weighted by Crippen LogP contribution is 2.45. The summed E-state index contributed by atoms with van der Waals surface area (Å²) in [6.07, 6.45) is -3.56. The van der Waals surface area contributed by atoms with Crippen molar-refractivity contribution in [3.05, 3.63) is 30.1 Å². The second-order valence-electron chi connectivity index (χ2n) is 6.51. The fourth-order valence-electron chi connectivity index (χ4n) is 3.77. The Balaban J connectivity index is 1.83. The predicted octanol–water partition coefficient (Wildman–Crippen LogP) is 2.29. The molecule has 0 bridgehead atoms. The molecule has 1 fully saturated rings. The first-order valence-electron chi connectivity index (χ1n) is 8.14. The lowest BCUT2D eigenvalue weighted by Gasteiger charge is -2.43. The number of hydrogen-bond donors (Lipinski definition) is 2. The van der Waals surface area contributed by atoms with Gasteiger partial charge in [0.15, 0.2) is 17.4 Å². The second-order valence-corrected chi connectivity index (χ2v) is 6.51. The Kier molecular flexibility index (Phi) is 3.91. The summed E-state index contributed by atoms with van der Waals surface area (Å²) in [5, 5.41) is 21.0. The van der Waals surface area contributed by atoms with Gasteiger partial charge in [0.25, 0.3) is 6.43 Å². The van der Waals surface area contributed by atoms with Crippen molar-refractivity contribution in [3.8, 4) is 17.0 Å². The lowest BCUT2D eigenvalue weighted by Crippen LogP contribution is -2.57. The van der Waals surface area contributed by atoms with Crippen molar-refractivity contribution in [1.82, 2.24) is 10.2 Å².